The summed E-state index contributed by atoms with van der Waals surface area (Å²) in [7, 11) is 0. The quantitative estimate of drug-likeness (QED) is 0.921. The zero-order valence-corrected chi connectivity index (χ0v) is 12.6. The summed E-state index contributed by atoms with van der Waals surface area (Å²) in [6.07, 6.45) is 2.53. The number of benzene rings is 1. The standard InChI is InChI=1S/C15H17BrN2O/c1-10-6-15(18-4-2-3-5-18)12-8-13(16)11(9-19)7-14(12)17-10/h6-8,19H,2-5,9H2,1H3. The monoisotopic (exact) mass is 320 g/mol. The normalized spacial score (nSPS) is 15.4. The molecule has 0 unspecified atom stereocenters. The van der Waals surface area contributed by atoms with E-state index in [1.165, 1.54) is 18.5 Å². The molecule has 1 N–H and O–H groups in total. The molecule has 19 heavy (non-hydrogen) atoms. The first-order chi connectivity index (χ1) is 9.19. The second kappa shape index (κ2) is 5.10. The van der Waals surface area contributed by atoms with Gasteiger partial charge in [0.2, 0.25) is 0 Å². The van der Waals surface area contributed by atoms with Gasteiger partial charge in [-0.1, -0.05) is 15.9 Å². The van der Waals surface area contributed by atoms with Crippen LogP contribution in [-0.4, -0.2) is 23.2 Å². The van der Waals surface area contributed by atoms with Crippen LogP contribution in [0.15, 0.2) is 22.7 Å². The Labute approximate surface area is 121 Å². The Kier molecular flexibility index (Phi) is 3.46. The first-order valence-corrected chi connectivity index (χ1v) is 7.44. The number of anilines is 1. The largest absolute Gasteiger partial charge is 0.392 e. The summed E-state index contributed by atoms with van der Waals surface area (Å²) in [5, 5.41) is 10.5. The van der Waals surface area contributed by atoms with Crippen LogP contribution in [0.5, 0.6) is 0 Å². The number of fused-ring (bicyclic) bond motifs is 1. The lowest BCUT2D eigenvalue weighted by molar-refractivity contribution is 0.281. The van der Waals surface area contributed by atoms with Crippen LogP contribution >= 0.6 is 15.9 Å². The van der Waals surface area contributed by atoms with Gasteiger partial charge in [0.25, 0.3) is 0 Å². The van der Waals surface area contributed by atoms with E-state index in [1.54, 1.807) is 0 Å². The number of halogens is 1. The second-order valence-electron chi connectivity index (χ2n) is 5.10. The van der Waals surface area contributed by atoms with Gasteiger partial charge in [-0.3, -0.25) is 4.98 Å². The Morgan fingerprint density at radius 1 is 1.26 bits per heavy atom. The van der Waals surface area contributed by atoms with Crippen molar-refractivity contribution in [3.63, 3.8) is 0 Å². The Morgan fingerprint density at radius 3 is 2.68 bits per heavy atom. The minimum atomic E-state index is 0.0329. The Hall–Kier alpha value is -1.13. The van der Waals surface area contributed by atoms with Gasteiger partial charge < -0.3 is 10.0 Å². The highest BCUT2D eigenvalue weighted by Gasteiger charge is 2.17. The molecule has 100 valence electrons. The third-order valence-electron chi connectivity index (χ3n) is 3.70. The number of aryl methyl sites for hydroxylation is 1. The van der Waals surface area contributed by atoms with Crippen molar-refractivity contribution in [1.82, 2.24) is 4.98 Å². The predicted molar refractivity (Wildman–Crippen MR) is 81.5 cm³/mol. The fourth-order valence-corrected chi connectivity index (χ4v) is 3.21. The number of aliphatic hydroxyl groups is 1. The first kappa shape index (κ1) is 12.9. The minimum Gasteiger partial charge on any atom is -0.392 e. The van der Waals surface area contributed by atoms with E-state index in [4.69, 9.17) is 0 Å². The Morgan fingerprint density at radius 2 is 2.00 bits per heavy atom. The third-order valence-corrected chi connectivity index (χ3v) is 4.44. The van der Waals surface area contributed by atoms with Crippen molar-refractivity contribution in [3.8, 4) is 0 Å². The number of pyridine rings is 1. The molecule has 0 spiro atoms. The van der Waals surface area contributed by atoms with Gasteiger partial charge in [-0.2, -0.15) is 0 Å². The molecule has 2 aromatic rings. The molecule has 0 bridgehead atoms. The average molecular weight is 321 g/mol. The molecule has 2 heterocycles. The van der Waals surface area contributed by atoms with E-state index in [1.807, 2.05) is 13.0 Å². The van der Waals surface area contributed by atoms with Crippen molar-refractivity contribution >= 4 is 32.5 Å². The maximum atomic E-state index is 9.36. The zero-order chi connectivity index (χ0) is 13.4. The number of aromatic nitrogens is 1. The van der Waals surface area contributed by atoms with Gasteiger partial charge in [-0.05, 0) is 43.5 Å². The molecule has 1 aliphatic rings. The molecule has 0 atom stereocenters. The molecule has 4 heteroatoms. The van der Waals surface area contributed by atoms with Crippen molar-refractivity contribution in [2.75, 3.05) is 18.0 Å². The van der Waals surface area contributed by atoms with Crippen LogP contribution in [0.2, 0.25) is 0 Å². The highest BCUT2D eigenvalue weighted by atomic mass is 79.9. The molecule has 3 rings (SSSR count). The van der Waals surface area contributed by atoms with Gasteiger partial charge in [0.1, 0.15) is 0 Å². The number of hydrogen-bond acceptors (Lipinski definition) is 3. The molecule has 1 aromatic carbocycles. The van der Waals surface area contributed by atoms with Crippen LogP contribution in [0, 0.1) is 6.92 Å². The van der Waals surface area contributed by atoms with Crippen molar-refractivity contribution in [3.05, 3.63) is 33.9 Å². The topological polar surface area (TPSA) is 36.4 Å². The molecule has 1 aromatic heterocycles. The number of rotatable bonds is 2. The first-order valence-electron chi connectivity index (χ1n) is 6.64. The third kappa shape index (κ3) is 2.35. The number of nitrogens with zero attached hydrogens (tertiary/aromatic N) is 2. The summed E-state index contributed by atoms with van der Waals surface area (Å²) < 4.78 is 0.952. The SMILES string of the molecule is Cc1cc(N2CCCC2)c2cc(Br)c(CO)cc2n1. The molecule has 0 amide bonds. The van der Waals surface area contributed by atoms with Gasteiger partial charge in [0.15, 0.2) is 0 Å². The van der Waals surface area contributed by atoms with Gasteiger partial charge >= 0.3 is 0 Å². The van der Waals surface area contributed by atoms with Crippen molar-refractivity contribution in [2.24, 2.45) is 0 Å². The number of hydrogen-bond donors (Lipinski definition) is 1. The second-order valence-corrected chi connectivity index (χ2v) is 5.95. The van der Waals surface area contributed by atoms with Gasteiger partial charge in [0.05, 0.1) is 12.1 Å². The molecular weight excluding hydrogens is 304 g/mol. The minimum absolute atomic E-state index is 0.0329. The van der Waals surface area contributed by atoms with Gasteiger partial charge in [-0.15, -0.1) is 0 Å². The molecular formula is C15H17BrN2O. The van der Waals surface area contributed by atoms with Gasteiger partial charge in [0, 0.05) is 34.3 Å². The highest BCUT2D eigenvalue weighted by molar-refractivity contribution is 9.10. The summed E-state index contributed by atoms with van der Waals surface area (Å²) in [6.45, 7) is 4.31. The van der Waals surface area contributed by atoms with E-state index in [2.05, 4.69) is 37.9 Å². The summed E-state index contributed by atoms with van der Waals surface area (Å²) >= 11 is 3.53. The molecule has 1 fully saturated rings. The Bertz CT molecular complexity index is 621. The number of aliphatic hydroxyl groups excluding tert-OH is 1. The van der Waals surface area contributed by atoms with Crippen molar-refractivity contribution in [1.29, 1.82) is 0 Å². The van der Waals surface area contributed by atoms with E-state index < -0.39 is 0 Å². The fraction of sp³-hybridized carbons (Fsp3) is 0.400. The molecule has 1 aliphatic heterocycles. The summed E-state index contributed by atoms with van der Waals surface area (Å²) in [6, 6.07) is 6.23. The van der Waals surface area contributed by atoms with Crippen LogP contribution in [0.4, 0.5) is 5.69 Å². The maximum Gasteiger partial charge on any atom is 0.0730 e. The average Bonchev–Trinajstić information content (AvgIpc) is 2.91. The molecule has 0 saturated carbocycles. The lowest BCUT2D eigenvalue weighted by Crippen LogP contribution is -2.18. The summed E-state index contributed by atoms with van der Waals surface area (Å²) in [5.41, 5.74) is 4.15. The van der Waals surface area contributed by atoms with Crippen LogP contribution in [-0.2, 0) is 6.61 Å². The van der Waals surface area contributed by atoms with Crippen molar-refractivity contribution < 1.29 is 5.11 Å². The van der Waals surface area contributed by atoms with Crippen LogP contribution in [0.25, 0.3) is 10.9 Å². The van der Waals surface area contributed by atoms with Crippen LogP contribution in [0.1, 0.15) is 24.1 Å². The summed E-state index contributed by atoms with van der Waals surface area (Å²) in [5.74, 6) is 0. The Balaban J connectivity index is 2.22. The van der Waals surface area contributed by atoms with E-state index in [-0.39, 0.29) is 6.61 Å². The summed E-state index contributed by atoms with van der Waals surface area (Å²) in [4.78, 5) is 7.03. The molecule has 3 nitrogen and oxygen atoms in total. The zero-order valence-electron chi connectivity index (χ0n) is 11.0. The maximum absolute atomic E-state index is 9.36. The fourth-order valence-electron chi connectivity index (χ4n) is 2.74. The van der Waals surface area contributed by atoms with E-state index in [0.717, 1.165) is 39.7 Å². The predicted octanol–water partition coefficient (Wildman–Crippen LogP) is 3.40. The van der Waals surface area contributed by atoms with Gasteiger partial charge in [-0.25, -0.2) is 0 Å². The van der Waals surface area contributed by atoms with E-state index >= 15 is 0 Å². The van der Waals surface area contributed by atoms with Crippen LogP contribution < -0.4 is 4.90 Å². The smallest absolute Gasteiger partial charge is 0.0730 e. The lowest BCUT2D eigenvalue weighted by Gasteiger charge is -2.21. The molecule has 1 saturated heterocycles. The highest BCUT2D eigenvalue weighted by Crippen LogP contribution is 2.33. The van der Waals surface area contributed by atoms with E-state index in [0.29, 0.717) is 0 Å². The molecule has 0 radical (unpaired) electrons. The lowest BCUT2D eigenvalue weighted by atomic mass is 10.1. The molecule has 0 aliphatic carbocycles. The van der Waals surface area contributed by atoms with Crippen LogP contribution in [0.3, 0.4) is 0 Å². The van der Waals surface area contributed by atoms with E-state index in [9.17, 15) is 5.11 Å². The van der Waals surface area contributed by atoms with Crippen molar-refractivity contribution in [2.45, 2.75) is 26.4 Å².